The molecule has 0 aromatic heterocycles. The van der Waals surface area contributed by atoms with Crippen molar-refractivity contribution in [1.82, 2.24) is 15.5 Å². The molecule has 8 heteroatoms. The van der Waals surface area contributed by atoms with Gasteiger partial charge < -0.3 is 20.6 Å². The van der Waals surface area contributed by atoms with Crippen LogP contribution in [0.2, 0.25) is 0 Å². The second-order valence-corrected chi connectivity index (χ2v) is 7.41. The molecule has 142 valence electrons. The van der Waals surface area contributed by atoms with Gasteiger partial charge in [-0.3, -0.25) is 15.3 Å². The van der Waals surface area contributed by atoms with Gasteiger partial charge in [-0.1, -0.05) is 0 Å². The average molecular weight is 354 g/mol. The molecule has 0 saturated carbocycles. The lowest BCUT2D eigenvalue weighted by Crippen LogP contribution is -2.61. The lowest BCUT2D eigenvalue weighted by atomic mass is 9.92. The zero-order valence-electron chi connectivity index (χ0n) is 14.9. The van der Waals surface area contributed by atoms with E-state index in [1.807, 2.05) is 0 Å². The molecule has 0 aromatic carbocycles. The summed E-state index contributed by atoms with van der Waals surface area (Å²) in [6.45, 7) is 4.29. The minimum absolute atomic E-state index is 0.0878. The van der Waals surface area contributed by atoms with E-state index >= 15 is 0 Å². The van der Waals surface area contributed by atoms with Gasteiger partial charge >= 0.3 is 5.97 Å². The van der Waals surface area contributed by atoms with Crippen LogP contribution in [0, 0.1) is 11.8 Å². The van der Waals surface area contributed by atoms with Crippen LogP contribution in [0.3, 0.4) is 0 Å². The van der Waals surface area contributed by atoms with Crippen molar-refractivity contribution in [2.45, 2.75) is 51.1 Å². The van der Waals surface area contributed by atoms with Crippen LogP contribution >= 0.6 is 0 Å². The fourth-order valence-electron chi connectivity index (χ4n) is 3.49. The molecule has 2 aliphatic heterocycles. The number of carbonyl (C=O) groups excluding carboxylic acids is 2. The number of nitrogens with zero attached hydrogens (tertiary/aromatic N) is 1. The van der Waals surface area contributed by atoms with Crippen LogP contribution in [0.25, 0.3) is 0 Å². The normalized spacial score (nSPS) is 24.4. The van der Waals surface area contributed by atoms with Crippen molar-refractivity contribution < 1.29 is 19.5 Å². The highest BCUT2D eigenvalue weighted by Gasteiger charge is 2.35. The summed E-state index contributed by atoms with van der Waals surface area (Å²) >= 11 is 0. The number of aliphatic carboxylic acids is 1. The number of amides is 2. The number of nitrogens with two attached hydrogens (primary N) is 1. The van der Waals surface area contributed by atoms with Gasteiger partial charge in [0.2, 0.25) is 11.8 Å². The van der Waals surface area contributed by atoms with Crippen LogP contribution in [0.4, 0.5) is 0 Å². The van der Waals surface area contributed by atoms with Crippen molar-refractivity contribution in [3.05, 3.63) is 0 Å². The van der Waals surface area contributed by atoms with E-state index in [4.69, 9.17) is 10.8 Å². The molecule has 2 amide bonds. The summed E-state index contributed by atoms with van der Waals surface area (Å²) in [7, 11) is 0. The molecule has 0 aliphatic carbocycles. The van der Waals surface area contributed by atoms with Gasteiger partial charge in [0.1, 0.15) is 0 Å². The van der Waals surface area contributed by atoms with E-state index in [9.17, 15) is 14.4 Å². The van der Waals surface area contributed by atoms with Gasteiger partial charge in [-0.15, -0.1) is 0 Å². The topological polar surface area (TPSA) is 125 Å². The van der Waals surface area contributed by atoms with Crippen molar-refractivity contribution in [3.8, 4) is 0 Å². The van der Waals surface area contributed by atoms with E-state index in [1.54, 1.807) is 4.90 Å². The van der Waals surface area contributed by atoms with Gasteiger partial charge in [0.15, 0.2) is 5.66 Å². The Morgan fingerprint density at radius 3 is 2.60 bits per heavy atom. The largest absolute Gasteiger partial charge is 0.479 e. The molecule has 2 heterocycles. The summed E-state index contributed by atoms with van der Waals surface area (Å²) in [5.41, 5.74) is 3.78. The van der Waals surface area contributed by atoms with E-state index in [1.165, 1.54) is 6.92 Å². The zero-order chi connectivity index (χ0) is 18.4. The van der Waals surface area contributed by atoms with Gasteiger partial charge in [0.05, 0.1) is 5.92 Å². The Morgan fingerprint density at radius 1 is 1.28 bits per heavy atom. The first-order chi connectivity index (χ1) is 11.8. The van der Waals surface area contributed by atoms with Crippen molar-refractivity contribution >= 4 is 17.8 Å². The van der Waals surface area contributed by atoms with Crippen LogP contribution in [0.15, 0.2) is 0 Å². The first-order valence-corrected chi connectivity index (χ1v) is 9.12. The van der Waals surface area contributed by atoms with Gasteiger partial charge in [-0.25, -0.2) is 4.79 Å². The molecule has 25 heavy (non-hydrogen) atoms. The second-order valence-electron chi connectivity index (χ2n) is 7.41. The Bertz CT molecular complexity index is 503. The molecular weight excluding hydrogens is 324 g/mol. The maximum Gasteiger partial charge on any atom is 0.344 e. The summed E-state index contributed by atoms with van der Waals surface area (Å²) < 4.78 is 0. The fraction of sp³-hybridized carbons (Fsp3) is 0.824. The average Bonchev–Trinajstić information content (AvgIpc) is 2.60. The van der Waals surface area contributed by atoms with E-state index in [2.05, 4.69) is 10.6 Å². The fourth-order valence-corrected chi connectivity index (χ4v) is 3.49. The number of piperidine rings is 2. The highest BCUT2D eigenvalue weighted by atomic mass is 16.4. The van der Waals surface area contributed by atoms with E-state index in [0.717, 1.165) is 38.8 Å². The standard InChI is InChI=1S/C17H30N4O4/c1-17(18,16(24)25)20-15(23)13-3-2-10-21(11-13)14(22)5-4-12-6-8-19-9-7-12/h12-13,19H,2-11,18H2,1H3,(H,20,23)(H,24,25)/t13-,17+/m1/s1. The number of carboxylic acid groups (broad SMARTS) is 1. The lowest BCUT2D eigenvalue weighted by molar-refractivity contribution is -0.148. The summed E-state index contributed by atoms with van der Waals surface area (Å²) in [5.74, 6) is -1.40. The third kappa shape index (κ3) is 5.67. The molecule has 2 fully saturated rings. The molecule has 2 aliphatic rings. The molecule has 5 N–H and O–H groups in total. The van der Waals surface area contributed by atoms with Gasteiger partial charge in [-0.05, 0) is 58.0 Å². The van der Waals surface area contributed by atoms with Crippen molar-refractivity contribution in [3.63, 3.8) is 0 Å². The number of carbonyl (C=O) groups is 3. The number of likely N-dealkylation sites (tertiary alicyclic amines) is 1. The number of carboxylic acids is 1. The molecule has 0 bridgehead atoms. The number of hydrogen-bond donors (Lipinski definition) is 4. The molecule has 2 rings (SSSR count). The Hall–Kier alpha value is -1.67. The van der Waals surface area contributed by atoms with Crippen LogP contribution in [-0.2, 0) is 14.4 Å². The summed E-state index contributed by atoms with van der Waals surface area (Å²) in [5, 5.41) is 14.7. The van der Waals surface area contributed by atoms with E-state index in [0.29, 0.717) is 31.8 Å². The summed E-state index contributed by atoms with van der Waals surface area (Å²) in [6.07, 6.45) is 5.02. The third-order valence-corrected chi connectivity index (χ3v) is 5.20. The molecule has 0 aromatic rings. The number of nitrogens with one attached hydrogen (secondary N) is 2. The van der Waals surface area contributed by atoms with Crippen LogP contribution in [0.1, 0.15) is 45.4 Å². The summed E-state index contributed by atoms with van der Waals surface area (Å²) in [4.78, 5) is 37.5. The highest BCUT2D eigenvalue weighted by Crippen LogP contribution is 2.21. The zero-order valence-corrected chi connectivity index (χ0v) is 14.9. The Labute approximate surface area is 148 Å². The Balaban J connectivity index is 1.81. The molecular formula is C17H30N4O4. The molecule has 0 unspecified atom stereocenters. The van der Waals surface area contributed by atoms with Crippen LogP contribution in [-0.4, -0.2) is 59.6 Å². The molecule has 2 saturated heterocycles. The summed E-state index contributed by atoms with van der Waals surface area (Å²) in [6, 6.07) is 0. The minimum Gasteiger partial charge on any atom is -0.479 e. The third-order valence-electron chi connectivity index (χ3n) is 5.20. The van der Waals surface area contributed by atoms with Gasteiger partial charge in [0, 0.05) is 19.5 Å². The van der Waals surface area contributed by atoms with Crippen molar-refractivity contribution in [2.75, 3.05) is 26.2 Å². The SMILES string of the molecule is C[C@](N)(NC(=O)[C@@H]1CCCN(C(=O)CCC2CCNCC2)C1)C(=O)O. The first-order valence-electron chi connectivity index (χ1n) is 9.12. The van der Waals surface area contributed by atoms with E-state index < -0.39 is 23.5 Å². The van der Waals surface area contributed by atoms with Crippen LogP contribution < -0.4 is 16.4 Å². The smallest absolute Gasteiger partial charge is 0.344 e. The first kappa shape index (κ1) is 19.7. The highest BCUT2D eigenvalue weighted by molar-refractivity contribution is 5.87. The maximum absolute atomic E-state index is 12.5. The number of hydrogen-bond acceptors (Lipinski definition) is 5. The Kier molecular flexibility index (Phi) is 6.78. The molecule has 0 radical (unpaired) electrons. The second kappa shape index (κ2) is 8.62. The van der Waals surface area contributed by atoms with Gasteiger partial charge in [-0.2, -0.15) is 0 Å². The van der Waals surface area contributed by atoms with E-state index in [-0.39, 0.29) is 5.91 Å². The van der Waals surface area contributed by atoms with Gasteiger partial charge in [0.25, 0.3) is 0 Å². The van der Waals surface area contributed by atoms with Crippen molar-refractivity contribution in [2.24, 2.45) is 17.6 Å². The predicted octanol–water partition coefficient (Wildman–Crippen LogP) is -0.119. The molecule has 0 spiro atoms. The van der Waals surface area contributed by atoms with Crippen LogP contribution in [0.5, 0.6) is 0 Å². The molecule has 8 nitrogen and oxygen atoms in total. The molecule has 2 atom stereocenters. The minimum atomic E-state index is -1.79. The predicted molar refractivity (Wildman–Crippen MR) is 92.5 cm³/mol. The quantitative estimate of drug-likeness (QED) is 0.493. The van der Waals surface area contributed by atoms with Crippen molar-refractivity contribution in [1.29, 1.82) is 0 Å². The Morgan fingerprint density at radius 2 is 1.96 bits per heavy atom. The maximum atomic E-state index is 12.5. The number of rotatable bonds is 6. The lowest BCUT2D eigenvalue weighted by Gasteiger charge is -2.34. The monoisotopic (exact) mass is 354 g/mol.